The van der Waals surface area contributed by atoms with Crippen molar-refractivity contribution in [2.45, 2.75) is 51.5 Å². The van der Waals surface area contributed by atoms with Gasteiger partial charge in [-0.2, -0.15) is 5.26 Å². The number of aromatic nitrogens is 2. The molecular formula is C12H17N3. The van der Waals surface area contributed by atoms with Gasteiger partial charge in [0, 0.05) is 18.7 Å². The molecule has 0 saturated heterocycles. The van der Waals surface area contributed by atoms with Gasteiger partial charge in [0.1, 0.15) is 0 Å². The SMILES string of the molecule is N#CCCCCn1cnc2c1CCCC2. The lowest BCUT2D eigenvalue weighted by atomic mass is 10.0. The number of aryl methyl sites for hydroxylation is 2. The molecule has 3 nitrogen and oxygen atoms in total. The van der Waals surface area contributed by atoms with E-state index >= 15 is 0 Å². The Balaban J connectivity index is 1.91. The van der Waals surface area contributed by atoms with Crippen LogP contribution in [0.1, 0.15) is 43.5 Å². The lowest BCUT2D eigenvalue weighted by Crippen LogP contribution is -2.08. The molecule has 0 N–H and O–H groups in total. The molecule has 15 heavy (non-hydrogen) atoms. The number of nitriles is 1. The van der Waals surface area contributed by atoms with E-state index in [0.717, 1.165) is 25.8 Å². The van der Waals surface area contributed by atoms with E-state index in [2.05, 4.69) is 15.6 Å². The number of nitrogens with zero attached hydrogens (tertiary/aromatic N) is 3. The molecule has 0 radical (unpaired) electrons. The Morgan fingerprint density at radius 2 is 2.20 bits per heavy atom. The molecule has 0 aliphatic heterocycles. The third-order valence-electron chi connectivity index (χ3n) is 3.05. The van der Waals surface area contributed by atoms with Gasteiger partial charge < -0.3 is 4.57 Å². The Morgan fingerprint density at radius 3 is 3.07 bits per heavy atom. The summed E-state index contributed by atoms with van der Waals surface area (Å²) in [5.41, 5.74) is 2.75. The maximum absolute atomic E-state index is 8.45. The first-order valence-corrected chi connectivity index (χ1v) is 5.81. The summed E-state index contributed by atoms with van der Waals surface area (Å²) in [7, 11) is 0. The van der Waals surface area contributed by atoms with Crippen LogP contribution in [0.25, 0.3) is 0 Å². The van der Waals surface area contributed by atoms with Crippen molar-refractivity contribution >= 4 is 0 Å². The Bertz CT molecular complexity index is 359. The van der Waals surface area contributed by atoms with Gasteiger partial charge in [0.2, 0.25) is 0 Å². The molecule has 3 heteroatoms. The van der Waals surface area contributed by atoms with E-state index in [0.29, 0.717) is 6.42 Å². The zero-order chi connectivity index (χ0) is 10.5. The van der Waals surface area contributed by atoms with Gasteiger partial charge in [-0.25, -0.2) is 4.98 Å². The first-order chi connectivity index (χ1) is 7.42. The molecule has 1 aromatic heterocycles. The molecule has 1 aliphatic carbocycles. The van der Waals surface area contributed by atoms with Crippen molar-refractivity contribution in [1.82, 2.24) is 9.55 Å². The fourth-order valence-electron chi connectivity index (χ4n) is 2.21. The monoisotopic (exact) mass is 203 g/mol. The Labute approximate surface area is 90.7 Å². The van der Waals surface area contributed by atoms with Crippen molar-refractivity contribution in [2.75, 3.05) is 0 Å². The predicted octanol–water partition coefficient (Wildman–Crippen LogP) is 2.46. The smallest absolute Gasteiger partial charge is 0.0951 e. The normalized spacial score (nSPS) is 14.6. The lowest BCUT2D eigenvalue weighted by Gasteiger charge is -2.13. The summed E-state index contributed by atoms with van der Waals surface area (Å²) < 4.78 is 2.28. The number of fused-ring (bicyclic) bond motifs is 1. The van der Waals surface area contributed by atoms with Crippen molar-refractivity contribution in [3.63, 3.8) is 0 Å². The van der Waals surface area contributed by atoms with Crippen LogP contribution in [0.4, 0.5) is 0 Å². The average Bonchev–Trinajstić information content (AvgIpc) is 2.68. The number of rotatable bonds is 4. The van der Waals surface area contributed by atoms with Crippen LogP contribution in [0.3, 0.4) is 0 Å². The van der Waals surface area contributed by atoms with Gasteiger partial charge in [0.15, 0.2) is 0 Å². The van der Waals surface area contributed by atoms with Crippen LogP contribution in [0.2, 0.25) is 0 Å². The standard InChI is InChI=1S/C12H17N3/c13-8-4-1-5-9-15-10-14-11-6-2-3-7-12(11)15/h10H,1-7,9H2. The van der Waals surface area contributed by atoms with Crippen LogP contribution in [0.5, 0.6) is 0 Å². The Morgan fingerprint density at radius 1 is 1.33 bits per heavy atom. The maximum atomic E-state index is 8.45. The minimum absolute atomic E-state index is 0.677. The molecule has 0 aromatic carbocycles. The second kappa shape index (κ2) is 4.97. The molecule has 0 bridgehead atoms. The summed E-state index contributed by atoms with van der Waals surface area (Å²) in [6, 6.07) is 2.19. The minimum Gasteiger partial charge on any atom is -0.334 e. The molecule has 1 aliphatic rings. The molecule has 0 atom stereocenters. The molecule has 0 spiro atoms. The van der Waals surface area contributed by atoms with Crippen molar-refractivity contribution in [2.24, 2.45) is 0 Å². The molecule has 0 fully saturated rings. The van der Waals surface area contributed by atoms with E-state index in [-0.39, 0.29) is 0 Å². The summed E-state index contributed by atoms with van der Waals surface area (Å²) in [5.74, 6) is 0. The first-order valence-electron chi connectivity index (χ1n) is 5.81. The van der Waals surface area contributed by atoms with Crippen molar-refractivity contribution in [1.29, 1.82) is 5.26 Å². The van der Waals surface area contributed by atoms with Crippen molar-refractivity contribution in [3.8, 4) is 6.07 Å². The van der Waals surface area contributed by atoms with Gasteiger partial charge in [-0.15, -0.1) is 0 Å². The lowest BCUT2D eigenvalue weighted by molar-refractivity contribution is 0.569. The number of unbranched alkanes of at least 4 members (excludes halogenated alkanes) is 2. The quantitative estimate of drug-likeness (QED) is 0.705. The maximum Gasteiger partial charge on any atom is 0.0951 e. The number of imidazole rings is 1. The molecule has 1 aromatic rings. The van der Waals surface area contributed by atoms with Crippen LogP contribution in [-0.2, 0) is 19.4 Å². The highest BCUT2D eigenvalue weighted by Gasteiger charge is 2.14. The molecular weight excluding hydrogens is 186 g/mol. The summed E-state index contributed by atoms with van der Waals surface area (Å²) >= 11 is 0. The Kier molecular flexibility index (Phi) is 3.39. The van der Waals surface area contributed by atoms with Gasteiger partial charge in [-0.3, -0.25) is 0 Å². The zero-order valence-corrected chi connectivity index (χ0v) is 9.08. The number of hydrogen-bond donors (Lipinski definition) is 0. The van der Waals surface area contributed by atoms with E-state index in [1.165, 1.54) is 30.7 Å². The molecule has 1 heterocycles. The highest BCUT2D eigenvalue weighted by molar-refractivity contribution is 5.16. The predicted molar refractivity (Wildman–Crippen MR) is 58.3 cm³/mol. The summed E-state index contributed by atoms with van der Waals surface area (Å²) in [6.07, 6.45) is 9.68. The van der Waals surface area contributed by atoms with Gasteiger partial charge in [0.25, 0.3) is 0 Å². The van der Waals surface area contributed by atoms with Crippen LogP contribution >= 0.6 is 0 Å². The van der Waals surface area contributed by atoms with Crippen molar-refractivity contribution in [3.05, 3.63) is 17.7 Å². The molecule has 0 saturated carbocycles. The molecule has 0 unspecified atom stereocenters. The molecule has 0 amide bonds. The fraction of sp³-hybridized carbons (Fsp3) is 0.667. The van der Waals surface area contributed by atoms with Gasteiger partial charge in [-0.1, -0.05) is 0 Å². The van der Waals surface area contributed by atoms with Crippen molar-refractivity contribution < 1.29 is 0 Å². The highest BCUT2D eigenvalue weighted by Crippen LogP contribution is 2.20. The van der Waals surface area contributed by atoms with Crippen LogP contribution in [0.15, 0.2) is 6.33 Å². The minimum atomic E-state index is 0.677. The zero-order valence-electron chi connectivity index (χ0n) is 9.08. The van der Waals surface area contributed by atoms with E-state index in [9.17, 15) is 0 Å². The third kappa shape index (κ3) is 2.38. The third-order valence-corrected chi connectivity index (χ3v) is 3.05. The molecule has 2 rings (SSSR count). The fourth-order valence-corrected chi connectivity index (χ4v) is 2.21. The van der Waals surface area contributed by atoms with Crippen LogP contribution in [0, 0.1) is 11.3 Å². The van der Waals surface area contributed by atoms with E-state index in [1.807, 2.05) is 6.33 Å². The summed E-state index contributed by atoms with van der Waals surface area (Å²) in [5, 5.41) is 8.45. The average molecular weight is 203 g/mol. The van der Waals surface area contributed by atoms with Gasteiger partial charge >= 0.3 is 0 Å². The van der Waals surface area contributed by atoms with Crippen LogP contribution < -0.4 is 0 Å². The second-order valence-electron chi connectivity index (χ2n) is 4.15. The summed E-state index contributed by atoms with van der Waals surface area (Å²) in [4.78, 5) is 4.45. The van der Waals surface area contributed by atoms with Crippen LogP contribution in [-0.4, -0.2) is 9.55 Å². The van der Waals surface area contributed by atoms with Gasteiger partial charge in [0.05, 0.1) is 18.1 Å². The first kappa shape index (κ1) is 10.2. The van der Waals surface area contributed by atoms with Gasteiger partial charge in [-0.05, 0) is 38.5 Å². The summed E-state index contributed by atoms with van der Waals surface area (Å²) in [6.45, 7) is 1.03. The Hall–Kier alpha value is -1.30. The highest BCUT2D eigenvalue weighted by atomic mass is 15.1. The van der Waals surface area contributed by atoms with E-state index < -0.39 is 0 Å². The topological polar surface area (TPSA) is 41.6 Å². The number of hydrogen-bond acceptors (Lipinski definition) is 2. The second-order valence-corrected chi connectivity index (χ2v) is 4.15. The van der Waals surface area contributed by atoms with E-state index in [1.54, 1.807) is 0 Å². The van der Waals surface area contributed by atoms with E-state index in [4.69, 9.17) is 5.26 Å². The largest absolute Gasteiger partial charge is 0.334 e. The molecule has 80 valence electrons.